The maximum Gasteiger partial charge on any atom is 0.435 e. The zero-order chi connectivity index (χ0) is 27.6. The van der Waals surface area contributed by atoms with Crippen molar-refractivity contribution in [2.45, 2.75) is 38.6 Å². The number of carbonyl (C=O) groups excluding carboxylic acids is 1. The molecule has 1 amide bonds. The molecule has 3 N–H and O–H groups in total. The summed E-state index contributed by atoms with van der Waals surface area (Å²) in [6.07, 6.45) is 6.43. The zero-order valence-electron chi connectivity index (χ0n) is 21.4. The van der Waals surface area contributed by atoms with Gasteiger partial charge in [-0.05, 0) is 60.1 Å². The van der Waals surface area contributed by atoms with Crippen LogP contribution in [0, 0.1) is 17.8 Å². The van der Waals surface area contributed by atoms with Gasteiger partial charge in [-0.1, -0.05) is 37.3 Å². The van der Waals surface area contributed by atoms with Crippen molar-refractivity contribution >= 4 is 5.91 Å². The Kier molecular flexibility index (Phi) is 7.67. The number of nitrogens with one attached hydrogen (secondary N) is 1. The zero-order valence-corrected chi connectivity index (χ0v) is 21.4. The van der Waals surface area contributed by atoms with E-state index in [9.17, 15) is 18.0 Å². The van der Waals surface area contributed by atoms with E-state index in [1.165, 1.54) is 0 Å². The van der Waals surface area contributed by atoms with Crippen LogP contribution in [-0.2, 0) is 17.5 Å². The van der Waals surface area contributed by atoms with Crippen LogP contribution in [0.3, 0.4) is 0 Å². The van der Waals surface area contributed by atoms with Crippen LogP contribution < -0.4 is 11.1 Å². The van der Waals surface area contributed by atoms with E-state index in [0.717, 1.165) is 29.2 Å². The Hall–Kier alpha value is -3.76. The molecular formula is C29H30F3N5O2. The highest BCUT2D eigenvalue weighted by Gasteiger charge is 2.37. The molecule has 3 aromatic rings. The molecule has 7 nitrogen and oxygen atoms in total. The highest BCUT2D eigenvalue weighted by Crippen LogP contribution is 2.39. The number of hydrogen-bond donors (Lipinski definition) is 2. The van der Waals surface area contributed by atoms with Gasteiger partial charge < -0.3 is 15.8 Å². The first-order valence-electron chi connectivity index (χ1n) is 12.9. The van der Waals surface area contributed by atoms with Crippen LogP contribution in [0.25, 0.3) is 5.69 Å². The lowest BCUT2D eigenvalue weighted by atomic mass is 9.82. The second-order valence-corrected chi connectivity index (χ2v) is 10.1. The summed E-state index contributed by atoms with van der Waals surface area (Å²) in [6.45, 7) is 2.90. The Balaban J connectivity index is 1.44. The van der Waals surface area contributed by atoms with Gasteiger partial charge in [-0.25, -0.2) is 4.68 Å². The Labute approximate surface area is 224 Å². The molecule has 3 unspecified atom stereocenters. The van der Waals surface area contributed by atoms with Gasteiger partial charge in [0.15, 0.2) is 5.69 Å². The molecule has 0 radical (unpaired) electrons. The van der Waals surface area contributed by atoms with E-state index < -0.39 is 17.8 Å². The number of allylic oxidation sites excluding steroid dienone is 2. The molecular weight excluding hydrogens is 507 g/mol. The number of halogens is 3. The fourth-order valence-corrected chi connectivity index (χ4v) is 4.63. The highest BCUT2D eigenvalue weighted by molar-refractivity contribution is 5.94. The van der Waals surface area contributed by atoms with Gasteiger partial charge in [0.2, 0.25) is 0 Å². The average molecular weight is 538 g/mol. The summed E-state index contributed by atoms with van der Waals surface area (Å²) in [4.78, 5) is 17.6. The fourth-order valence-electron chi connectivity index (χ4n) is 4.63. The number of pyridine rings is 1. The number of ether oxygens (including phenoxy) is 1. The molecule has 0 aliphatic heterocycles. The average Bonchev–Trinajstić information content (AvgIpc) is 3.64. The predicted octanol–water partition coefficient (Wildman–Crippen LogP) is 5.35. The van der Waals surface area contributed by atoms with Gasteiger partial charge in [0.25, 0.3) is 5.91 Å². The summed E-state index contributed by atoms with van der Waals surface area (Å²) in [5.74, 6) is -0.179. The normalized spacial score (nSPS) is 20.0. The summed E-state index contributed by atoms with van der Waals surface area (Å²) in [7, 11) is 0. The van der Waals surface area contributed by atoms with Gasteiger partial charge in [0.1, 0.15) is 5.69 Å². The van der Waals surface area contributed by atoms with E-state index in [0.29, 0.717) is 29.5 Å². The first-order valence-corrected chi connectivity index (χ1v) is 12.9. The van der Waals surface area contributed by atoms with Crippen LogP contribution in [0.4, 0.5) is 13.2 Å². The Bertz CT molecular complexity index is 1380. The van der Waals surface area contributed by atoms with Gasteiger partial charge in [0, 0.05) is 36.6 Å². The molecule has 0 saturated heterocycles. The second-order valence-electron chi connectivity index (χ2n) is 10.1. The second kappa shape index (κ2) is 11.2. The summed E-state index contributed by atoms with van der Waals surface area (Å²) in [6, 6.07) is 11.2. The van der Waals surface area contributed by atoms with Crippen molar-refractivity contribution in [2.75, 3.05) is 6.61 Å². The first-order chi connectivity index (χ1) is 18.7. The maximum atomic E-state index is 13.6. The number of benzene rings is 1. The lowest BCUT2D eigenvalue weighted by Gasteiger charge is -2.31. The summed E-state index contributed by atoms with van der Waals surface area (Å²) in [5.41, 5.74) is 6.72. The number of amides is 1. The number of aromatic nitrogens is 3. The Morgan fingerprint density at radius 2 is 2.05 bits per heavy atom. The molecule has 0 spiro atoms. The molecule has 10 heteroatoms. The van der Waals surface area contributed by atoms with Gasteiger partial charge in [-0.3, -0.25) is 9.78 Å². The predicted molar refractivity (Wildman–Crippen MR) is 139 cm³/mol. The molecule has 3 atom stereocenters. The third-order valence-electron chi connectivity index (χ3n) is 7.01. The molecule has 1 saturated carbocycles. The fraction of sp³-hybridized carbons (Fsp3) is 0.345. The minimum Gasteiger partial charge on any atom is -0.373 e. The minimum atomic E-state index is -4.72. The number of carbonyl (C=O) groups is 1. The Morgan fingerprint density at radius 3 is 2.74 bits per heavy atom. The van der Waals surface area contributed by atoms with Crippen molar-refractivity contribution in [2.24, 2.45) is 23.5 Å². The van der Waals surface area contributed by atoms with Crippen molar-refractivity contribution in [1.29, 1.82) is 0 Å². The molecule has 2 aliphatic carbocycles. The van der Waals surface area contributed by atoms with E-state index in [1.807, 2.05) is 24.3 Å². The largest absolute Gasteiger partial charge is 0.435 e. The lowest BCUT2D eigenvalue weighted by molar-refractivity contribution is -0.141. The number of nitrogens with zero attached hydrogens (tertiary/aromatic N) is 3. The third kappa shape index (κ3) is 6.29. The molecule has 1 fully saturated rings. The third-order valence-corrected chi connectivity index (χ3v) is 7.01. The van der Waals surface area contributed by atoms with E-state index in [-0.39, 0.29) is 30.2 Å². The van der Waals surface area contributed by atoms with E-state index in [4.69, 9.17) is 10.5 Å². The molecule has 2 heterocycles. The van der Waals surface area contributed by atoms with Gasteiger partial charge in [-0.15, -0.1) is 0 Å². The summed E-state index contributed by atoms with van der Waals surface area (Å²) in [5, 5.41) is 6.49. The molecule has 2 aromatic heterocycles. The van der Waals surface area contributed by atoms with Crippen molar-refractivity contribution < 1.29 is 22.7 Å². The van der Waals surface area contributed by atoms with Gasteiger partial charge in [0.05, 0.1) is 18.4 Å². The number of alkyl halides is 3. The van der Waals surface area contributed by atoms with Crippen LogP contribution >= 0.6 is 0 Å². The van der Waals surface area contributed by atoms with Crippen molar-refractivity contribution in [3.05, 3.63) is 101 Å². The number of nitrogens with two attached hydrogens (primary N) is 1. The van der Waals surface area contributed by atoms with Crippen LogP contribution in [0.5, 0.6) is 0 Å². The molecule has 2 aliphatic rings. The smallest absolute Gasteiger partial charge is 0.373 e. The van der Waals surface area contributed by atoms with Crippen LogP contribution in [0.2, 0.25) is 0 Å². The van der Waals surface area contributed by atoms with Crippen molar-refractivity contribution in [3.63, 3.8) is 0 Å². The Morgan fingerprint density at radius 1 is 1.23 bits per heavy atom. The quantitative estimate of drug-likeness (QED) is 0.384. The van der Waals surface area contributed by atoms with E-state index in [1.54, 1.807) is 42.7 Å². The lowest BCUT2D eigenvalue weighted by Crippen LogP contribution is -2.29. The molecule has 204 valence electrons. The van der Waals surface area contributed by atoms with Crippen molar-refractivity contribution in [3.8, 4) is 5.69 Å². The van der Waals surface area contributed by atoms with E-state index >= 15 is 0 Å². The first kappa shape index (κ1) is 26.8. The van der Waals surface area contributed by atoms with Crippen molar-refractivity contribution in [1.82, 2.24) is 20.1 Å². The molecule has 39 heavy (non-hydrogen) atoms. The topological polar surface area (TPSA) is 95.1 Å². The van der Waals surface area contributed by atoms with Crippen LogP contribution in [0.15, 0.2) is 78.8 Å². The minimum absolute atomic E-state index is 0.0939. The van der Waals surface area contributed by atoms with E-state index in [2.05, 4.69) is 22.3 Å². The number of rotatable bonds is 9. The van der Waals surface area contributed by atoms with Crippen LogP contribution in [0.1, 0.15) is 53.2 Å². The summed E-state index contributed by atoms with van der Waals surface area (Å²) >= 11 is 0. The molecule has 5 rings (SSSR count). The van der Waals surface area contributed by atoms with Gasteiger partial charge >= 0.3 is 6.18 Å². The maximum absolute atomic E-state index is 13.6. The van der Waals surface area contributed by atoms with Gasteiger partial charge in [-0.2, -0.15) is 18.3 Å². The number of hydrogen-bond acceptors (Lipinski definition) is 5. The summed E-state index contributed by atoms with van der Waals surface area (Å²) < 4.78 is 48.1. The van der Waals surface area contributed by atoms with Crippen LogP contribution in [-0.4, -0.2) is 27.3 Å². The SMILES string of the molecule is CC1C=CC(NC(=O)c2cc(C(F)(F)F)nn2-c2cccc(CN)c2)=CC1C(OCC1CC1)c1cccnc1. The molecule has 0 bridgehead atoms. The molecule has 1 aromatic carbocycles. The standard InChI is InChI=1S/C29H30F3N5O2/c1-18-7-10-22(13-24(18)27(39-17-19-8-9-19)21-5-3-11-34-16-21)35-28(38)25-14-26(29(30,31)32)36-37(25)23-6-2-4-20(12-23)15-33/h2-7,10-14,16,18-19,24,27H,8-9,15,17,33H2,1H3,(H,35,38). The highest BCUT2D eigenvalue weighted by atomic mass is 19.4. The monoisotopic (exact) mass is 537 g/mol.